The van der Waals surface area contributed by atoms with Gasteiger partial charge in [0.1, 0.15) is 11.5 Å². The Hall–Kier alpha value is -1.53. The van der Waals surface area contributed by atoms with Crippen LogP contribution in [0, 0.1) is 0 Å². The van der Waals surface area contributed by atoms with Gasteiger partial charge in [-0.3, -0.25) is 0 Å². The van der Waals surface area contributed by atoms with Crippen molar-refractivity contribution in [2.45, 2.75) is 13.3 Å². The standard InChI is InChI=1S/C16H15Br2NO3/c1-3-11-8-12(4-5-15(11)21-2)22-16-13(17)6-10(9-19-20)7-14(16)18/h4-9,20H,3H2,1-2H3. The van der Waals surface area contributed by atoms with Gasteiger partial charge in [0.2, 0.25) is 0 Å². The van der Waals surface area contributed by atoms with Crippen LogP contribution in [0.1, 0.15) is 18.1 Å². The predicted octanol–water partition coefficient (Wildman–Crippen LogP) is 5.38. The zero-order chi connectivity index (χ0) is 16.1. The molecule has 116 valence electrons. The Morgan fingerprint density at radius 2 is 1.86 bits per heavy atom. The van der Waals surface area contributed by atoms with Crippen molar-refractivity contribution < 1.29 is 14.7 Å². The molecule has 1 N–H and O–H groups in total. The highest BCUT2D eigenvalue weighted by Crippen LogP contribution is 2.38. The van der Waals surface area contributed by atoms with Gasteiger partial charge in [-0.1, -0.05) is 12.1 Å². The monoisotopic (exact) mass is 427 g/mol. The van der Waals surface area contributed by atoms with Gasteiger partial charge >= 0.3 is 0 Å². The lowest BCUT2D eigenvalue weighted by molar-refractivity contribution is 0.322. The molecule has 0 spiro atoms. The van der Waals surface area contributed by atoms with Crippen LogP contribution in [-0.4, -0.2) is 18.5 Å². The second kappa shape index (κ2) is 7.65. The fourth-order valence-corrected chi connectivity index (χ4v) is 3.41. The van der Waals surface area contributed by atoms with Crippen LogP contribution in [-0.2, 0) is 6.42 Å². The first-order chi connectivity index (χ1) is 10.6. The van der Waals surface area contributed by atoms with Crippen LogP contribution in [0.5, 0.6) is 17.2 Å². The van der Waals surface area contributed by atoms with Crippen LogP contribution in [0.4, 0.5) is 0 Å². The van der Waals surface area contributed by atoms with Crippen LogP contribution in [0.25, 0.3) is 0 Å². The molecule has 22 heavy (non-hydrogen) atoms. The Bertz CT molecular complexity index is 679. The van der Waals surface area contributed by atoms with E-state index in [1.54, 1.807) is 7.11 Å². The van der Waals surface area contributed by atoms with E-state index in [2.05, 4.69) is 43.9 Å². The highest BCUT2D eigenvalue weighted by Gasteiger charge is 2.11. The third-order valence-corrected chi connectivity index (χ3v) is 4.26. The summed E-state index contributed by atoms with van der Waals surface area (Å²) in [6, 6.07) is 9.33. The zero-order valence-electron chi connectivity index (χ0n) is 12.1. The molecule has 0 amide bonds. The molecule has 0 unspecified atom stereocenters. The van der Waals surface area contributed by atoms with Gasteiger partial charge in [-0.25, -0.2) is 0 Å². The summed E-state index contributed by atoms with van der Waals surface area (Å²) in [5.74, 6) is 2.23. The van der Waals surface area contributed by atoms with Gasteiger partial charge in [0, 0.05) is 0 Å². The first kappa shape index (κ1) is 16.8. The Kier molecular flexibility index (Phi) is 5.85. The first-order valence-electron chi connectivity index (χ1n) is 6.60. The van der Waals surface area contributed by atoms with Crippen molar-refractivity contribution in [3.8, 4) is 17.2 Å². The number of aryl methyl sites for hydroxylation is 1. The van der Waals surface area contributed by atoms with Gasteiger partial charge in [0.15, 0.2) is 5.75 Å². The molecule has 0 heterocycles. The number of halogens is 2. The Morgan fingerprint density at radius 3 is 2.41 bits per heavy atom. The number of ether oxygens (including phenoxy) is 2. The molecule has 0 aliphatic carbocycles. The quantitative estimate of drug-likeness (QED) is 0.395. The van der Waals surface area contributed by atoms with Gasteiger partial charge in [-0.15, -0.1) is 0 Å². The number of hydrogen-bond acceptors (Lipinski definition) is 4. The third-order valence-electron chi connectivity index (χ3n) is 3.08. The topological polar surface area (TPSA) is 51.0 Å². The van der Waals surface area contributed by atoms with Crippen molar-refractivity contribution in [3.63, 3.8) is 0 Å². The van der Waals surface area contributed by atoms with Crippen molar-refractivity contribution in [1.29, 1.82) is 0 Å². The van der Waals surface area contributed by atoms with Crippen LogP contribution in [0.2, 0.25) is 0 Å². The lowest BCUT2D eigenvalue weighted by atomic mass is 10.1. The van der Waals surface area contributed by atoms with Crippen LogP contribution < -0.4 is 9.47 Å². The van der Waals surface area contributed by atoms with Gasteiger partial charge in [0.25, 0.3) is 0 Å². The van der Waals surface area contributed by atoms with Crippen molar-refractivity contribution in [3.05, 3.63) is 50.4 Å². The minimum absolute atomic E-state index is 0.655. The van der Waals surface area contributed by atoms with E-state index in [0.29, 0.717) is 5.75 Å². The van der Waals surface area contributed by atoms with Gasteiger partial charge in [0.05, 0.1) is 22.3 Å². The molecule has 0 aromatic heterocycles. The molecule has 4 nitrogen and oxygen atoms in total. The van der Waals surface area contributed by atoms with Crippen molar-refractivity contribution >= 4 is 38.1 Å². The van der Waals surface area contributed by atoms with E-state index < -0.39 is 0 Å². The van der Waals surface area contributed by atoms with E-state index in [4.69, 9.17) is 14.7 Å². The Balaban J connectivity index is 2.35. The largest absolute Gasteiger partial charge is 0.496 e. The summed E-state index contributed by atoms with van der Waals surface area (Å²) in [6.07, 6.45) is 2.20. The predicted molar refractivity (Wildman–Crippen MR) is 93.7 cm³/mol. The van der Waals surface area contributed by atoms with Gasteiger partial charge in [-0.2, -0.15) is 0 Å². The summed E-state index contributed by atoms with van der Waals surface area (Å²) >= 11 is 6.93. The molecular weight excluding hydrogens is 414 g/mol. The van der Waals surface area contributed by atoms with Crippen molar-refractivity contribution in [1.82, 2.24) is 0 Å². The summed E-state index contributed by atoms with van der Waals surface area (Å²) in [5.41, 5.74) is 1.83. The molecule has 0 aliphatic heterocycles. The summed E-state index contributed by atoms with van der Waals surface area (Å²) in [7, 11) is 1.66. The molecular formula is C16H15Br2NO3. The molecule has 0 atom stereocenters. The molecule has 0 saturated carbocycles. The molecule has 0 fully saturated rings. The maximum Gasteiger partial charge on any atom is 0.155 e. The van der Waals surface area contributed by atoms with Gasteiger partial charge in [-0.05, 0) is 79.7 Å². The Labute approximate surface area is 146 Å². The summed E-state index contributed by atoms with van der Waals surface area (Å²) < 4.78 is 12.8. The number of benzene rings is 2. The summed E-state index contributed by atoms with van der Waals surface area (Å²) in [4.78, 5) is 0. The summed E-state index contributed by atoms with van der Waals surface area (Å²) in [6.45, 7) is 2.07. The second-order valence-corrected chi connectivity index (χ2v) is 6.20. The van der Waals surface area contributed by atoms with E-state index in [1.807, 2.05) is 30.3 Å². The highest BCUT2D eigenvalue weighted by molar-refractivity contribution is 9.11. The van der Waals surface area contributed by atoms with Crippen molar-refractivity contribution in [2.75, 3.05) is 7.11 Å². The molecule has 2 rings (SSSR count). The molecule has 6 heteroatoms. The van der Waals surface area contributed by atoms with E-state index in [0.717, 1.165) is 38.0 Å². The molecule has 0 saturated heterocycles. The molecule has 0 radical (unpaired) electrons. The molecule has 2 aromatic carbocycles. The normalized spacial score (nSPS) is 10.9. The minimum atomic E-state index is 0.655. The van der Waals surface area contributed by atoms with Crippen LogP contribution in [0.3, 0.4) is 0 Å². The number of nitrogens with zero attached hydrogens (tertiary/aromatic N) is 1. The van der Waals surface area contributed by atoms with E-state index in [1.165, 1.54) is 6.21 Å². The SMILES string of the molecule is CCc1cc(Oc2c(Br)cc(C=NO)cc2Br)ccc1OC. The lowest BCUT2D eigenvalue weighted by Crippen LogP contribution is -1.94. The van der Waals surface area contributed by atoms with E-state index in [9.17, 15) is 0 Å². The maximum absolute atomic E-state index is 8.61. The lowest BCUT2D eigenvalue weighted by Gasteiger charge is -2.13. The maximum atomic E-state index is 8.61. The molecule has 0 aliphatic rings. The average Bonchev–Trinajstić information content (AvgIpc) is 2.51. The smallest absolute Gasteiger partial charge is 0.155 e. The molecule has 2 aromatic rings. The van der Waals surface area contributed by atoms with Gasteiger partial charge < -0.3 is 14.7 Å². The number of methoxy groups -OCH3 is 1. The molecule has 0 bridgehead atoms. The Morgan fingerprint density at radius 1 is 1.18 bits per heavy atom. The first-order valence-corrected chi connectivity index (χ1v) is 8.18. The van der Waals surface area contributed by atoms with Crippen molar-refractivity contribution in [2.24, 2.45) is 5.16 Å². The fraction of sp³-hybridized carbons (Fsp3) is 0.188. The average molecular weight is 429 g/mol. The number of oxime groups is 1. The summed E-state index contributed by atoms with van der Waals surface area (Å²) in [5, 5.41) is 11.6. The fourth-order valence-electron chi connectivity index (χ4n) is 2.03. The minimum Gasteiger partial charge on any atom is -0.496 e. The second-order valence-electron chi connectivity index (χ2n) is 4.49. The zero-order valence-corrected chi connectivity index (χ0v) is 15.3. The number of hydrogen-bond donors (Lipinski definition) is 1. The van der Waals surface area contributed by atoms with E-state index >= 15 is 0 Å². The van der Waals surface area contributed by atoms with Crippen LogP contribution in [0.15, 0.2) is 44.4 Å². The third kappa shape index (κ3) is 3.81. The van der Waals surface area contributed by atoms with E-state index in [-0.39, 0.29) is 0 Å². The highest BCUT2D eigenvalue weighted by atomic mass is 79.9. The number of rotatable bonds is 5. The van der Waals surface area contributed by atoms with Crippen LogP contribution >= 0.6 is 31.9 Å².